The van der Waals surface area contributed by atoms with Crippen LogP contribution in [0.25, 0.3) is 0 Å². The average molecular weight is 605 g/mol. The molecule has 14 heteroatoms. The Morgan fingerprint density at radius 2 is 1.58 bits per heavy atom. The van der Waals surface area contributed by atoms with Crippen molar-refractivity contribution >= 4 is 40.1 Å². The van der Waals surface area contributed by atoms with E-state index in [0.717, 1.165) is 10.7 Å². The minimum absolute atomic E-state index is 0.0538. The van der Waals surface area contributed by atoms with Gasteiger partial charge in [0.25, 0.3) is 10.1 Å². The van der Waals surface area contributed by atoms with Crippen LogP contribution in [0.3, 0.4) is 0 Å². The summed E-state index contributed by atoms with van der Waals surface area (Å²) in [6.07, 6.45) is -0.659. The highest BCUT2D eigenvalue weighted by molar-refractivity contribution is 7.90. The van der Waals surface area contributed by atoms with Gasteiger partial charge in [0.1, 0.15) is 20.3 Å². The van der Waals surface area contributed by atoms with Gasteiger partial charge in [-0.15, -0.1) is 5.10 Å². The van der Waals surface area contributed by atoms with Gasteiger partial charge in [0.05, 0.1) is 23.0 Å². The summed E-state index contributed by atoms with van der Waals surface area (Å²) in [5, 5.41) is 10.5. The minimum atomic E-state index is -4.06. The Labute approximate surface area is 232 Å². The number of hydrogen-bond acceptors (Lipinski definition) is 9. The average Bonchev–Trinajstić information content (AvgIpc) is 3.34. The molecule has 1 unspecified atom stereocenters. The molecule has 1 fully saturated rings. The fourth-order valence-electron chi connectivity index (χ4n) is 3.95. The van der Waals surface area contributed by atoms with E-state index in [1.165, 1.54) is 0 Å². The molecule has 1 spiro atoms. The molecule has 38 heavy (non-hydrogen) atoms. The first-order chi connectivity index (χ1) is 16.8. The number of ether oxygens (including phenoxy) is 1. The van der Waals surface area contributed by atoms with Gasteiger partial charge in [0.2, 0.25) is 0 Å². The fourth-order valence-corrected chi connectivity index (χ4v) is 8.32. The molecule has 1 saturated heterocycles. The van der Waals surface area contributed by atoms with Gasteiger partial charge in [-0.3, -0.25) is 0 Å². The van der Waals surface area contributed by atoms with Gasteiger partial charge in [0.15, 0.2) is 28.5 Å². The molecular weight excluding hydrogens is 557 g/mol. The molecule has 1 aromatic heterocycles. The van der Waals surface area contributed by atoms with E-state index in [9.17, 15) is 8.42 Å². The molecule has 2 aliphatic heterocycles. The van der Waals surface area contributed by atoms with Gasteiger partial charge in [0, 0.05) is 6.20 Å². The van der Waals surface area contributed by atoms with Crippen molar-refractivity contribution in [3.8, 4) is 0 Å². The molecule has 3 heterocycles. The summed E-state index contributed by atoms with van der Waals surface area (Å²) in [5.41, 5.74) is 4.99. The quantitative estimate of drug-likeness (QED) is 0.362. The second-order valence-electron chi connectivity index (χ2n) is 14.7. The van der Waals surface area contributed by atoms with Gasteiger partial charge < -0.3 is 19.3 Å². The molecule has 3 rings (SSSR count). The molecule has 218 valence electrons. The van der Waals surface area contributed by atoms with Crippen LogP contribution in [0.5, 0.6) is 0 Å². The van der Waals surface area contributed by atoms with E-state index in [1.54, 1.807) is 4.68 Å². The second kappa shape index (κ2) is 9.60. The van der Waals surface area contributed by atoms with Gasteiger partial charge in [-0.2, -0.15) is 8.42 Å². The van der Waals surface area contributed by atoms with Crippen molar-refractivity contribution in [2.24, 2.45) is 5.73 Å². The first kappa shape index (κ1) is 31.6. The number of rotatable bonds is 7. The summed E-state index contributed by atoms with van der Waals surface area (Å²) < 4.78 is 53.3. The maximum Gasteiger partial charge on any atom is 0.292 e. The standard InChI is InChI=1S/C24H48N4O6SSi3/c1-22(2,3)37(10,11)31-15-18-24(17(25)16-35(29,30)34-24)20(33-38(12,13)23(4,5)6)21(32-18)28-14-19(26-27-28)36(7,8)9/h14,16,18,20-21H,15,25H2,1-13H3/t18-,20+,21-,24?/m1/s1. The maximum absolute atomic E-state index is 12.9. The molecule has 1 aromatic rings. The number of hydrogen-bond donors (Lipinski definition) is 1. The van der Waals surface area contributed by atoms with Crippen LogP contribution >= 0.6 is 0 Å². The highest BCUT2D eigenvalue weighted by Crippen LogP contribution is 2.52. The van der Waals surface area contributed by atoms with Crippen LogP contribution < -0.4 is 11.1 Å². The summed E-state index contributed by atoms with van der Waals surface area (Å²) in [4.78, 5) is 0. The monoisotopic (exact) mass is 604 g/mol. The zero-order valence-electron chi connectivity index (χ0n) is 25.4. The third-order valence-electron chi connectivity index (χ3n) is 8.61. The zero-order valence-corrected chi connectivity index (χ0v) is 29.2. The van der Waals surface area contributed by atoms with E-state index in [2.05, 4.69) is 97.7 Å². The Morgan fingerprint density at radius 3 is 2.00 bits per heavy atom. The molecule has 2 aliphatic rings. The molecule has 4 atom stereocenters. The first-order valence-corrected chi connectivity index (χ1v) is 24.0. The smallest absolute Gasteiger partial charge is 0.292 e. The highest BCUT2D eigenvalue weighted by Gasteiger charge is 2.67. The Bertz CT molecular complexity index is 1180. The van der Waals surface area contributed by atoms with E-state index in [1.807, 2.05) is 6.20 Å². The normalized spacial score (nSPS) is 28.8. The molecule has 0 aromatic carbocycles. The summed E-state index contributed by atoms with van der Waals surface area (Å²) in [5.74, 6) is 0. The van der Waals surface area contributed by atoms with Gasteiger partial charge in [-0.25, -0.2) is 8.86 Å². The zero-order chi connectivity index (χ0) is 29.3. The minimum Gasteiger partial charge on any atom is -0.414 e. The van der Waals surface area contributed by atoms with Crippen LogP contribution in [-0.2, 0) is 27.9 Å². The number of aromatic nitrogens is 3. The number of nitrogens with zero attached hydrogens (tertiary/aromatic N) is 3. The van der Waals surface area contributed by atoms with Crippen molar-refractivity contribution in [3.05, 3.63) is 17.3 Å². The van der Waals surface area contributed by atoms with Gasteiger partial charge >= 0.3 is 0 Å². The predicted molar refractivity (Wildman–Crippen MR) is 157 cm³/mol. The lowest BCUT2D eigenvalue weighted by Gasteiger charge is -2.43. The summed E-state index contributed by atoms with van der Waals surface area (Å²) in [6.45, 7) is 28.0. The molecule has 0 amide bonds. The van der Waals surface area contributed by atoms with Crippen LogP contribution in [0, 0.1) is 0 Å². The fraction of sp³-hybridized carbons (Fsp3) is 0.833. The lowest BCUT2D eigenvalue weighted by atomic mass is 9.89. The van der Waals surface area contributed by atoms with Gasteiger partial charge in [-0.05, 0) is 36.3 Å². The molecule has 10 nitrogen and oxygen atoms in total. The summed E-state index contributed by atoms with van der Waals surface area (Å²) >= 11 is 0. The molecule has 0 aliphatic carbocycles. The van der Waals surface area contributed by atoms with E-state index in [0.29, 0.717) is 0 Å². The lowest BCUT2D eigenvalue weighted by Crippen LogP contribution is -2.59. The van der Waals surface area contributed by atoms with E-state index < -0.39 is 58.9 Å². The van der Waals surface area contributed by atoms with Crippen molar-refractivity contribution in [2.75, 3.05) is 6.61 Å². The van der Waals surface area contributed by atoms with Crippen molar-refractivity contribution in [3.63, 3.8) is 0 Å². The number of nitrogens with two attached hydrogens (primary N) is 1. The van der Waals surface area contributed by atoms with Crippen LogP contribution in [0.4, 0.5) is 0 Å². The van der Waals surface area contributed by atoms with Crippen LogP contribution in [0.15, 0.2) is 17.3 Å². The Morgan fingerprint density at radius 1 is 1.03 bits per heavy atom. The van der Waals surface area contributed by atoms with Crippen molar-refractivity contribution in [1.29, 1.82) is 0 Å². The van der Waals surface area contributed by atoms with E-state index >= 15 is 0 Å². The maximum atomic E-state index is 12.9. The van der Waals surface area contributed by atoms with Crippen LogP contribution in [0.1, 0.15) is 47.8 Å². The Hall–Kier alpha value is -0.879. The molecule has 0 bridgehead atoms. The summed E-state index contributed by atoms with van der Waals surface area (Å²) in [6, 6.07) is 0. The first-order valence-electron chi connectivity index (χ1n) is 13.2. The lowest BCUT2D eigenvalue weighted by molar-refractivity contribution is -0.0595. The highest BCUT2D eigenvalue weighted by atomic mass is 32.2. The summed E-state index contributed by atoms with van der Waals surface area (Å²) in [7, 11) is -10.6. The van der Waals surface area contributed by atoms with Crippen LogP contribution in [0.2, 0.25) is 55.9 Å². The van der Waals surface area contributed by atoms with Gasteiger partial charge in [-0.1, -0.05) is 66.4 Å². The molecule has 2 N–H and O–H groups in total. The third-order valence-corrected chi connectivity index (χ3v) is 20.4. The molecule has 0 radical (unpaired) electrons. The molecular formula is C24H48N4O6SSi3. The Balaban J connectivity index is 2.17. The van der Waals surface area contributed by atoms with E-state index in [4.69, 9.17) is 23.5 Å². The van der Waals surface area contributed by atoms with Crippen molar-refractivity contribution < 1.29 is 26.2 Å². The van der Waals surface area contributed by atoms with Crippen LogP contribution in [-0.4, -0.2) is 72.5 Å². The largest absolute Gasteiger partial charge is 0.414 e. The van der Waals surface area contributed by atoms with E-state index in [-0.39, 0.29) is 22.4 Å². The molecule has 0 saturated carbocycles. The predicted octanol–water partition coefficient (Wildman–Crippen LogP) is 4.03. The van der Waals surface area contributed by atoms with Crippen molar-refractivity contribution in [2.45, 2.75) is 121 Å². The third kappa shape index (κ3) is 5.78. The topological polar surface area (TPSA) is 128 Å². The second-order valence-corrected chi connectivity index (χ2v) is 30.6. The SMILES string of the molecule is CC(C)(C)[Si](C)(C)OC[C@H]1O[C@@H](n2cc([Si](C)(C)C)nn2)[C@H](O[Si](C)(C)C(C)(C)C)C12OS(=O)(=O)C=C2N. The van der Waals surface area contributed by atoms with Crippen molar-refractivity contribution in [1.82, 2.24) is 15.0 Å². The Kier molecular flexibility index (Phi) is 8.00.